The predicted molar refractivity (Wildman–Crippen MR) is 112 cm³/mol. The Hall–Kier alpha value is -3.51. The molecule has 0 saturated carbocycles. The van der Waals surface area contributed by atoms with Crippen LogP contribution in [0.3, 0.4) is 0 Å². The van der Waals surface area contributed by atoms with Crippen LogP contribution in [0.25, 0.3) is 11.4 Å². The molecular weight excluding hydrogens is 407 g/mol. The Bertz CT molecular complexity index is 1220. The summed E-state index contributed by atoms with van der Waals surface area (Å²) >= 11 is 0. The fraction of sp³-hybridized carbons (Fsp3) is 0.190. The molecule has 0 spiro atoms. The third-order valence-corrected chi connectivity index (χ3v) is 4.70. The van der Waals surface area contributed by atoms with Crippen molar-refractivity contribution in [3.63, 3.8) is 0 Å². The molecule has 0 bridgehead atoms. The largest absolute Gasteiger partial charge is 0.480 e. The summed E-state index contributed by atoms with van der Waals surface area (Å²) in [5, 5.41) is 3.03. The Morgan fingerprint density at radius 1 is 1.17 bits per heavy atom. The van der Waals surface area contributed by atoms with E-state index in [0.717, 1.165) is 0 Å². The van der Waals surface area contributed by atoms with Gasteiger partial charge in [0.15, 0.2) is 15.7 Å². The molecule has 154 valence electrons. The lowest BCUT2D eigenvalue weighted by atomic mass is 10.2. The van der Waals surface area contributed by atoms with Gasteiger partial charge < -0.3 is 10.1 Å². The molecule has 0 aliphatic heterocycles. The molecule has 30 heavy (non-hydrogen) atoms. The minimum absolute atomic E-state index is 0.0676. The molecule has 0 unspecified atom stereocenters. The zero-order chi connectivity index (χ0) is 21.6. The molecule has 0 saturated heterocycles. The summed E-state index contributed by atoms with van der Waals surface area (Å²) < 4.78 is 42.3. The van der Waals surface area contributed by atoms with Gasteiger partial charge in [-0.2, -0.15) is 4.98 Å². The first kappa shape index (κ1) is 21.2. The molecule has 7 nitrogen and oxygen atoms in total. The van der Waals surface area contributed by atoms with Gasteiger partial charge in [-0.25, -0.2) is 22.8 Å². The van der Waals surface area contributed by atoms with Crippen molar-refractivity contribution >= 4 is 21.5 Å². The van der Waals surface area contributed by atoms with Crippen LogP contribution in [0, 0.1) is 17.7 Å². The van der Waals surface area contributed by atoms with Gasteiger partial charge >= 0.3 is 0 Å². The quantitative estimate of drug-likeness (QED) is 0.579. The summed E-state index contributed by atoms with van der Waals surface area (Å²) in [5.41, 5.74) is 1.76. The number of anilines is 2. The molecule has 1 N–H and O–H groups in total. The molecule has 0 radical (unpaired) electrons. The van der Waals surface area contributed by atoms with Gasteiger partial charge in [0.2, 0.25) is 5.95 Å². The van der Waals surface area contributed by atoms with Crippen LogP contribution in [0.1, 0.15) is 12.5 Å². The monoisotopic (exact) mass is 426 g/mol. The number of hydrogen-bond acceptors (Lipinski definition) is 7. The second-order valence-electron chi connectivity index (χ2n) is 6.38. The van der Waals surface area contributed by atoms with Gasteiger partial charge in [-0.1, -0.05) is 18.1 Å². The zero-order valence-electron chi connectivity index (χ0n) is 16.4. The van der Waals surface area contributed by atoms with E-state index in [4.69, 9.17) is 4.74 Å². The van der Waals surface area contributed by atoms with Crippen molar-refractivity contribution in [2.75, 3.05) is 18.2 Å². The van der Waals surface area contributed by atoms with Crippen molar-refractivity contribution in [1.82, 2.24) is 15.0 Å². The van der Waals surface area contributed by atoms with Crippen LogP contribution in [0.5, 0.6) is 5.75 Å². The van der Waals surface area contributed by atoms with E-state index < -0.39 is 15.7 Å². The van der Waals surface area contributed by atoms with Gasteiger partial charge in [0.05, 0.1) is 11.3 Å². The van der Waals surface area contributed by atoms with Crippen molar-refractivity contribution in [3.8, 4) is 29.0 Å². The van der Waals surface area contributed by atoms with E-state index in [9.17, 15) is 12.8 Å². The average Bonchev–Trinajstić information content (AvgIpc) is 2.67. The summed E-state index contributed by atoms with van der Waals surface area (Å²) in [4.78, 5) is 12.6. The Balaban J connectivity index is 1.87. The zero-order valence-corrected chi connectivity index (χ0v) is 17.2. The summed E-state index contributed by atoms with van der Waals surface area (Å²) in [6, 6.07) is 11.0. The highest BCUT2D eigenvalue weighted by molar-refractivity contribution is 7.89. The molecular formula is C21H19FN4O3S. The van der Waals surface area contributed by atoms with Gasteiger partial charge in [-0.05, 0) is 36.8 Å². The molecule has 0 aliphatic carbocycles. The Morgan fingerprint density at radius 3 is 2.77 bits per heavy atom. The van der Waals surface area contributed by atoms with E-state index in [0.29, 0.717) is 22.6 Å². The van der Waals surface area contributed by atoms with Gasteiger partial charge in [0.25, 0.3) is 0 Å². The molecule has 1 aromatic heterocycles. The summed E-state index contributed by atoms with van der Waals surface area (Å²) in [5.74, 6) is 5.76. The maximum atomic E-state index is 13.7. The van der Waals surface area contributed by atoms with Crippen LogP contribution < -0.4 is 10.1 Å². The second kappa shape index (κ2) is 9.33. The topological polar surface area (TPSA) is 94.1 Å². The van der Waals surface area contributed by atoms with Crippen molar-refractivity contribution in [2.24, 2.45) is 0 Å². The Labute approximate surface area is 174 Å². The average molecular weight is 426 g/mol. The van der Waals surface area contributed by atoms with Crippen molar-refractivity contribution in [3.05, 3.63) is 60.2 Å². The summed E-state index contributed by atoms with van der Waals surface area (Å²) in [7, 11) is -3.15. The summed E-state index contributed by atoms with van der Waals surface area (Å²) in [6.07, 6.45) is 2.50. The second-order valence-corrected chi connectivity index (χ2v) is 8.52. The van der Waals surface area contributed by atoms with E-state index in [2.05, 4.69) is 32.1 Å². The first-order chi connectivity index (χ1) is 14.3. The minimum atomic E-state index is -3.15. The maximum absolute atomic E-state index is 13.7. The van der Waals surface area contributed by atoms with Crippen molar-refractivity contribution in [2.45, 2.75) is 12.7 Å². The molecule has 0 atom stereocenters. The van der Waals surface area contributed by atoms with E-state index >= 15 is 0 Å². The molecule has 3 rings (SSSR count). The van der Waals surface area contributed by atoms with Crippen molar-refractivity contribution < 1.29 is 17.5 Å². The molecule has 3 aromatic rings. The lowest BCUT2D eigenvalue weighted by Gasteiger charge is -2.10. The number of nitrogens with one attached hydrogen (secondary N) is 1. The van der Waals surface area contributed by atoms with Gasteiger partial charge in [-0.3, -0.25) is 0 Å². The van der Waals surface area contributed by atoms with Gasteiger partial charge in [0.1, 0.15) is 24.5 Å². The van der Waals surface area contributed by atoms with E-state index in [1.54, 1.807) is 31.2 Å². The third-order valence-electron chi connectivity index (χ3n) is 3.85. The highest BCUT2D eigenvalue weighted by Gasteiger charge is 2.12. The molecule has 0 fully saturated rings. The fourth-order valence-corrected chi connectivity index (χ4v) is 3.43. The molecule has 1 heterocycles. The number of hydrogen-bond donors (Lipinski definition) is 1. The Morgan fingerprint density at radius 2 is 2.00 bits per heavy atom. The van der Waals surface area contributed by atoms with Crippen LogP contribution >= 0.6 is 0 Å². The first-order valence-electron chi connectivity index (χ1n) is 8.89. The van der Waals surface area contributed by atoms with Crippen LogP contribution in [0.15, 0.2) is 48.8 Å². The highest BCUT2D eigenvalue weighted by atomic mass is 32.2. The van der Waals surface area contributed by atoms with E-state index in [-0.39, 0.29) is 24.1 Å². The van der Waals surface area contributed by atoms with Crippen LogP contribution in [0.2, 0.25) is 0 Å². The molecule has 2 aromatic carbocycles. The third kappa shape index (κ3) is 5.99. The summed E-state index contributed by atoms with van der Waals surface area (Å²) in [6.45, 7) is 1.79. The minimum Gasteiger partial charge on any atom is -0.480 e. The van der Waals surface area contributed by atoms with Crippen LogP contribution in [-0.4, -0.2) is 36.2 Å². The van der Waals surface area contributed by atoms with Crippen LogP contribution in [-0.2, 0) is 15.6 Å². The van der Waals surface area contributed by atoms with E-state index in [1.807, 2.05) is 0 Å². The highest BCUT2D eigenvalue weighted by Crippen LogP contribution is 2.29. The normalized spacial score (nSPS) is 10.8. The Kier molecular flexibility index (Phi) is 6.59. The predicted octanol–water partition coefficient (Wildman–Crippen LogP) is 3.37. The van der Waals surface area contributed by atoms with Gasteiger partial charge in [-0.15, -0.1) is 5.92 Å². The number of halogens is 1. The lowest BCUT2D eigenvalue weighted by Crippen LogP contribution is -2.03. The smallest absolute Gasteiger partial charge is 0.230 e. The van der Waals surface area contributed by atoms with Gasteiger partial charge in [0, 0.05) is 18.0 Å². The van der Waals surface area contributed by atoms with Crippen LogP contribution in [0.4, 0.5) is 16.0 Å². The van der Waals surface area contributed by atoms with E-state index in [1.165, 1.54) is 30.8 Å². The standard InChI is InChI=1S/C21H19FN4O3S/c1-3-4-10-29-19-12-16(22)8-9-18(19)20-23-14-24-21(26-20)25-17-7-5-6-15(11-17)13-30(2,27)28/h5-9,11-12,14H,10,13H2,1-2H3,(H,23,24,25,26). The number of nitrogens with zero attached hydrogens (tertiary/aromatic N) is 3. The molecule has 9 heteroatoms. The number of sulfone groups is 1. The first-order valence-corrected chi connectivity index (χ1v) is 10.9. The number of benzene rings is 2. The number of rotatable bonds is 7. The number of aromatic nitrogens is 3. The fourth-order valence-electron chi connectivity index (χ4n) is 2.64. The number of ether oxygens (including phenoxy) is 1. The molecule has 0 amide bonds. The maximum Gasteiger partial charge on any atom is 0.230 e. The SMILES string of the molecule is CC#CCOc1cc(F)ccc1-c1ncnc(Nc2cccc(CS(C)(=O)=O)c2)n1. The lowest BCUT2D eigenvalue weighted by molar-refractivity contribution is 0.369. The van der Waals surface area contributed by atoms with Crippen molar-refractivity contribution in [1.29, 1.82) is 0 Å². The molecule has 0 aliphatic rings.